The smallest absolute Gasteiger partial charge is 0.127 e. The van der Waals surface area contributed by atoms with Gasteiger partial charge in [0.15, 0.2) is 0 Å². The Morgan fingerprint density at radius 2 is 2.05 bits per heavy atom. The van der Waals surface area contributed by atoms with Crippen LogP contribution < -0.4 is 5.32 Å². The summed E-state index contributed by atoms with van der Waals surface area (Å²) in [5.74, 6) is 1.52. The Bertz CT molecular complexity index is 458. The van der Waals surface area contributed by atoms with Crippen LogP contribution >= 0.6 is 0 Å². The molecule has 0 aromatic heterocycles. The van der Waals surface area contributed by atoms with E-state index in [9.17, 15) is 4.39 Å². The molecule has 116 valence electrons. The molecule has 21 heavy (non-hydrogen) atoms. The van der Waals surface area contributed by atoms with Gasteiger partial charge >= 0.3 is 0 Å². The van der Waals surface area contributed by atoms with Crippen LogP contribution in [0, 0.1) is 17.7 Å². The van der Waals surface area contributed by atoms with E-state index in [1.807, 2.05) is 12.1 Å². The van der Waals surface area contributed by atoms with E-state index in [1.54, 1.807) is 12.1 Å². The molecule has 0 bridgehead atoms. The van der Waals surface area contributed by atoms with Gasteiger partial charge in [-0.1, -0.05) is 31.5 Å². The molecule has 1 aliphatic carbocycles. The van der Waals surface area contributed by atoms with Crippen LogP contribution in [0.3, 0.4) is 0 Å². The highest BCUT2D eigenvalue weighted by Crippen LogP contribution is 2.26. The molecule has 1 saturated heterocycles. The molecule has 1 saturated carbocycles. The summed E-state index contributed by atoms with van der Waals surface area (Å²) in [6.45, 7) is 6.34. The lowest BCUT2D eigenvalue weighted by Crippen LogP contribution is -2.49. The molecule has 2 unspecified atom stereocenters. The second-order valence-corrected chi connectivity index (χ2v) is 7.03. The monoisotopic (exact) mass is 290 g/mol. The Kier molecular flexibility index (Phi) is 4.91. The highest BCUT2D eigenvalue weighted by molar-refractivity contribution is 5.17. The van der Waals surface area contributed by atoms with E-state index >= 15 is 0 Å². The number of benzene rings is 1. The zero-order chi connectivity index (χ0) is 14.7. The average molecular weight is 290 g/mol. The van der Waals surface area contributed by atoms with Crippen molar-refractivity contribution < 1.29 is 4.39 Å². The Morgan fingerprint density at radius 3 is 2.76 bits per heavy atom. The molecule has 0 radical (unpaired) electrons. The molecule has 1 aromatic rings. The van der Waals surface area contributed by atoms with E-state index in [4.69, 9.17) is 0 Å². The molecule has 2 aliphatic rings. The summed E-state index contributed by atoms with van der Waals surface area (Å²) < 4.78 is 13.8. The minimum atomic E-state index is -0.0743. The molecule has 1 heterocycles. The number of hydrogen-bond donors (Lipinski definition) is 1. The lowest BCUT2D eigenvalue weighted by molar-refractivity contribution is 0.134. The summed E-state index contributed by atoms with van der Waals surface area (Å²) in [5, 5.41) is 3.75. The predicted octanol–water partition coefficient (Wildman–Crippen LogP) is 3.43. The van der Waals surface area contributed by atoms with Gasteiger partial charge in [-0.3, -0.25) is 4.90 Å². The second-order valence-electron chi connectivity index (χ2n) is 7.03. The SMILES string of the molecule is CC1CC(NCC2CCC2)CN(Cc2ccccc2F)C1. The summed E-state index contributed by atoms with van der Waals surface area (Å²) in [6, 6.07) is 7.74. The van der Waals surface area contributed by atoms with E-state index in [1.165, 1.54) is 32.2 Å². The molecule has 2 fully saturated rings. The molecule has 3 rings (SSSR count). The number of nitrogens with one attached hydrogen (secondary N) is 1. The van der Waals surface area contributed by atoms with Crippen LogP contribution in [0.1, 0.15) is 38.2 Å². The summed E-state index contributed by atoms with van der Waals surface area (Å²) in [7, 11) is 0. The van der Waals surface area contributed by atoms with Gasteiger partial charge in [-0.25, -0.2) is 4.39 Å². The lowest BCUT2D eigenvalue weighted by Gasteiger charge is -2.38. The topological polar surface area (TPSA) is 15.3 Å². The molecular formula is C18H27FN2. The van der Waals surface area contributed by atoms with Crippen molar-refractivity contribution in [3.05, 3.63) is 35.6 Å². The Balaban J connectivity index is 1.53. The van der Waals surface area contributed by atoms with Crippen LogP contribution in [-0.4, -0.2) is 30.6 Å². The van der Waals surface area contributed by atoms with Crippen LogP contribution in [-0.2, 0) is 6.54 Å². The predicted molar refractivity (Wildman–Crippen MR) is 84.6 cm³/mol. The second kappa shape index (κ2) is 6.89. The fraction of sp³-hybridized carbons (Fsp3) is 0.667. The number of halogens is 1. The van der Waals surface area contributed by atoms with Crippen LogP contribution in [0.5, 0.6) is 0 Å². The number of hydrogen-bond acceptors (Lipinski definition) is 2. The van der Waals surface area contributed by atoms with E-state index in [-0.39, 0.29) is 5.82 Å². The molecule has 0 amide bonds. The zero-order valence-corrected chi connectivity index (χ0v) is 13.0. The third-order valence-electron chi connectivity index (χ3n) is 5.01. The standard InChI is InChI=1S/C18H27FN2/c1-14-9-17(20-10-15-5-4-6-15)13-21(11-14)12-16-7-2-3-8-18(16)19/h2-3,7-8,14-15,17,20H,4-6,9-13H2,1H3. The fourth-order valence-corrected chi connectivity index (χ4v) is 3.64. The maximum Gasteiger partial charge on any atom is 0.127 e. The van der Waals surface area contributed by atoms with Gasteiger partial charge in [0.2, 0.25) is 0 Å². The summed E-state index contributed by atoms with van der Waals surface area (Å²) in [6.07, 6.45) is 5.45. The van der Waals surface area contributed by atoms with Crippen molar-refractivity contribution in [3.8, 4) is 0 Å². The first-order chi connectivity index (χ1) is 10.2. The maximum atomic E-state index is 13.8. The largest absolute Gasteiger partial charge is 0.312 e. The van der Waals surface area contributed by atoms with Gasteiger partial charge in [-0.15, -0.1) is 0 Å². The van der Waals surface area contributed by atoms with Crippen LogP contribution in [0.25, 0.3) is 0 Å². The van der Waals surface area contributed by atoms with Crippen LogP contribution in [0.15, 0.2) is 24.3 Å². The molecular weight excluding hydrogens is 263 g/mol. The Labute approximate surface area is 127 Å². The van der Waals surface area contributed by atoms with E-state index in [0.29, 0.717) is 12.0 Å². The molecule has 1 N–H and O–H groups in total. The molecule has 2 atom stereocenters. The number of piperidine rings is 1. The normalized spacial score (nSPS) is 27.5. The summed E-state index contributed by atoms with van der Waals surface area (Å²) in [5.41, 5.74) is 0.823. The first kappa shape index (κ1) is 15.0. The van der Waals surface area contributed by atoms with E-state index in [0.717, 1.165) is 31.1 Å². The average Bonchev–Trinajstić information content (AvgIpc) is 2.39. The number of rotatable bonds is 5. The van der Waals surface area contributed by atoms with E-state index in [2.05, 4.69) is 17.1 Å². The van der Waals surface area contributed by atoms with Gasteiger partial charge < -0.3 is 5.32 Å². The van der Waals surface area contributed by atoms with Gasteiger partial charge in [-0.2, -0.15) is 0 Å². The van der Waals surface area contributed by atoms with Gasteiger partial charge in [0.25, 0.3) is 0 Å². The molecule has 1 aromatic carbocycles. The van der Waals surface area contributed by atoms with Crippen LogP contribution in [0.4, 0.5) is 4.39 Å². The van der Waals surface area contributed by atoms with Gasteiger partial charge in [0.05, 0.1) is 0 Å². The Hall–Kier alpha value is -0.930. The third-order valence-corrected chi connectivity index (χ3v) is 5.01. The van der Waals surface area contributed by atoms with Crippen molar-refractivity contribution in [2.24, 2.45) is 11.8 Å². The fourth-order valence-electron chi connectivity index (χ4n) is 3.64. The summed E-state index contributed by atoms with van der Waals surface area (Å²) in [4.78, 5) is 2.41. The first-order valence-corrected chi connectivity index (χ1v) is 8.40. The number of likely N-dealkylation sites (tertiary alicyclic amines) is 1. The van der Waals surface area contributed by atoms with Gasteiger partial charge in [-0.05, 0) is 43.7 Å². The van der Waals surface area contributed by atoms with Crippen molar-refractivity contribution in [2.75, 3.05) is 19.6 Å². The van der Waals surface area contributed by atoms with Crippen LogP contribution in [0.2, 0.25) is 0 Å². The van der Waals surface area contributed by atoms with Gasteiger partial charge in [0, 0.05) is 31.2 Å². The van der Waals surface area contributed by atoms with E-state index < -0.39 is 0 Å². The van der Waals surface area contributed by atoms with Crippen molar-refractivity contribution in [2.45, 2.75) is 45.2 Å². The minimum Gasteiger partial charge on any atom is -0.312 e. The summed E-state index contributed by atoms with van der Waals surface area (Å²) >= 11 is 0. The van der Waals surface area contributed by atoms with Gasteiger partial charge in [0.1, 0.15) is 5.82 Å². The zero-order valence-electron chi connectivity index (χ0n) is 13.0. The molecule has 0 spiro atoms. The third kappa shape index (κ3) is 4.04. The maximum absolute atomic E-state index is 13.8. The quantitative estimate of drug-likeness (QED) is 0.894. The lowest BCUT2D eigenvalue weighted by atomic mass is 9.85. The minimum absolute atomic E-state index is 0.0743. The molecule has 3 heteroatoms. The first-order valence-electron chi connectivity index (χ1n) is 8.40. The molecule has 2 nitrogen and oxygen atoms in total. The van der Waals surface area contributed by atoms with Crippen molar-refractivity contribution in [3.63, 3.8) is 0 Å². The number of nitrogens with zero attached hydrogens (tertiary/aromatic N) is 1. The van der Waals surface area contributed by atoms with Crippen molar-refractivity contribution >= 4 is 0 Å². The highest BCUT2D eigenvalue weighted by Gasteiger charge is 2.26. The van der Waals surface area contributed by atoms with Crippen molar-refractivity contribution in [1.29, 1.82) is 0 Å². The Morgan fingerprint density at radius 1 is 1.24 bits per heavy atom. The van der Waals surface area contributed by atoms with Crippen molar-refractivity contribution in [1.82, 2.24) is 10.2 Å². The molecule has 1 aliphatic heterocycles. The highest BCUT2D eigenvalue weighted by atomic mass is 19.1.